The molecule has 0 heterocycles. The fraction of sp³-hybridized carbons (Fsp3) is 0. The van der Waals surface area contributed by atoms with Gasteiger partial charge in [0, 0.05) is 0 Å². The average Bonchev–Trinajstić information content (AvgIpc) is 1.90. The molecule has 0 bridgehead atoms. The van der Waals surface area contributed by atoms with Crippen LogP contribution in [0, 0.1) is 0 Å². The summed E-state index contributed by atoms with van der Waals surface area (Å²) in [5.41, 5.74) is 1.17. The van der Waals surface area contributed by atoms with Crippen LogP contribution in [-0.2, 0) is 0 Å². The molecule has 0 heteroatoms. The normalized spacial score (nSPS) is 8.50. The van der Waals surface area contributed by atoms with E-state index < -0.39 is 0 Å². The summed E-state index contributed by atoms with van der Waals surface area (Å²) in [4.78, 5) is 0. The molecule has 0 aliphatic heterocycles. The molecule has 0 nitrogen and oxygen atoms in total. The number of hydrogen-bond donors (Lipinski definition) is 0. The zero-order valence-electron chi connectivity index (χ0n) is 4.67. The van der Waals surface area contributed by atoms with Gasteiger partial charge in [-0.2, -0.15) is 0 Å². The van der Waals surface area contributed by atoms with Gasteiger partial charge < -0.3 is 0 Å². The van der Waals surface area contributed by atoms with Crippen LogP contribution in [0.3, 0.4) is 0 Å². The number of benzene rings is 1. The molecule has 0 saturated carbocycles. The number of rotatable bonds is 1. The maximum atomic E-state index is 3.63. The van der Waals surface area contributed by atoms with E-state index >= 15 is 0 Å². The van der Waals surface area contributed by atoms with Crippen molar-refractivity contribution < 1.29 is 0 Å². The van der Waals surface area contributed by atoms with Gasteiger partial charge in [-0.15, -0.1) is 0 Å². The lowest BCUT2D eigenvalue weighted by molar-refractivity contribution is 1.67. The third-order valence-corrected chi connectivity index (χ3v) is 1.04. The Labute approximate surface area is 49.5 Å². The van der Waals surface area contributed by atoms with Gasteiger partial charge in [-0.05, 0) is 5.56 Å². The average molecular weight is 110 g/mol. The predicted octanol–water partition coefficient (Wildman–Crippen LogP) is 2.33. The van der Waals surface area contributed by atoms with Crippen molar-refractivity contribution in [2.45, 2.75) is 0 Å². The molecule has 0 aromatic heterocycles. The van der Waals surface area contributed by atoms with Crippen molar-refractivity contribution in [3.63, 3.8) is 0 Å². The van der Waals surface area contributed by atoms with Crippen molar-refractivity contribution in [1.29, 1.82) is 0 Å². The van der Waals surface area contributed by atoms with Crippen molar-refractivity contribution in [3.8, 4) is 0 Å². The van der Waals surface area contributed by atoms with Crippen molar-refractivity contribution >= 4 is 6.08 Å². The lowest BCUT2D eigenvalue weighted by Gasteiger charge is -1.85. The Hall–Kier alpha value is -1.04. The third-order valence-electron chi connectivity index (χ3n) is 1.04. The van der Waals surface area contributed by atoms with Crippen LogP contribution in [-0.4, -0.2) is 0 Å². The highest BCUT2D eigenvalue weighted by molar-refractivity contribution is 5.45. The standard InChI is InChI=1S/C8H8/c1-2-8-6-4-3-5-7-8/h2-7H,1H2/i3+1,4+1,5+1,6+1,7+1,8+1. The molecule has 0 saturated heterocycles. The highest BCUT2D eigenvalue weighted by atomic mass is 14.7. The van der Waals surface area contributed by atoms with Crippen LogP contribution < -0.4 is 0 Å². The van der Waals surface area contributed by atoms with Gasteiger partial charge in [0.25, 0.3) is 0 Å². The monoisotopic (exact) mass is 110 g/mol. The van der Waals surface area contributed by atoms with Gasteiger partial charge in [-0.25, -0.2) is 0 Å². The van der Waals surface area contributed by atoms with Gasteiger partial charge >= 0.3 is 0 Å². The Morgan fingerprint density at radius 2 is 1.75 bits per heavy atom. The van der Waals surface area contributed by atoms with Crippen molar-refractivity contribution in [2.75, 3.05) is 0 Å². The van der Waals surface area contributed by atoms with E-state index in [9.17, 15) is 0 Å². The Balaban J connectivity index is 2.99. The minimum Gasteiger partial charge on any atom is -0.0985 e. The van der Waals surface area contributed by atoms with Crippen molar-refractivity contribution in [1.82, 2.24) is 0 Å². The molecule has 0 aliphatic carbocycles. The van der Waals surface area contributed by atoms with Crippen LogP contribution in [0.15, 0.2) is 36.9 Å². The van der Waals surface area contributed by atoms with E-state index in [-0.39, 0.29) is 0 Å². The first-order valence-corrected chi connectivity index (χ1v) is 2.61. The summed E-state index contributed by atoms with van der Waals surface area (Å²) in [5, 5.41) is 0. The minimum absolute atomic E-state index is 1.17. The quantitative estimate of drug-likeness (QED) is 0.520. The molecule has 0 atom stereocenters. The summed E-state index contributed by atoms with van der Waals surface area (Å²) in [6.07, 6.45) is 1.83. The molecule has 40 valence electrons. The second-order valence-electron chi connectivity index (χ2n) is 1.61. The maximum Gasteiger partial charge on any atom is -0.0263 e. The first-order valence-electron chi connectivity index (χ1n) is 2.61. The molecular formula is C8H8. The van der Waals surface area contributed by atoms with Gasteiger partial charge in [-0.3, -0.25) is 0 Å². The molecule has 1 rings (SSSR count). The first kappa shape index (κ1) is 5.10. The Morgan fingerprint density at radius 1 is 1.12 bits per heavy atom. The van der Waals surface area contributed by atoms with Gasteiger partial charge in [0.1, 0.15) is 0 Å². The molecule has 0 fully saturated rings. The fourth-order valence-corrected chi connectivity index (χ4v) is 0.589. The summed E-state index contributed by atoms with van der Waals surface area (Å²) < 4.78 is 0. The lowest BCUT2D eigenvalue weighted by atomic mass is 10.9. The van der Waals surface area contributed by atoms with E-state index in [2.05, 4.69) is 6.58 Å². The molecular weight excluding hydrogens is 102 g/mol. The summed E-state index contributed by atoms with van der Waals surface area (Å²) in [6.45, 7) is 3.63. The van der Waals surface area contributed by atoms with Crippen LogP contribution in [0.2, 0.25) is 0 Å². The fourth-order valence-electron chi connectivity index (χ4n) is 0.589. The van der Waals surface area contributed by atoms with Crippen LogP contribution in [0.4, 0.5) is 0 Å². The van der Waals surface area contributed by atoms with Crippen molar-refractivity contribution in [2.24, 2.45) is 0 Å². The minimum atomic E-state index is 1.17. The van der Waals surface area contributed by atoms with Crippen LogP contribution in [0.5, 0.6) is 0 Å². The zero-order valence-corrected chi connectivity index (χ0v) is 4.67. The van der Waals surface area contributed by atoms with Gasteiger partial charge in [0.05, 0.1) is 0 Å². The van der Waals surface area contributed by atoms with E-state index in [4.69, 9.17) is 0 Å². The molecule has 0 radical (unpaired) electrons. The zero-order chi connectivity index (χ0) is 5.82. The van der Waals surface area contributed by atoms with Crippen LogP contribution in [0.25, 0.3) is 6.08 Å². The Morgan fingerprint density at radius 3 is 2.12 bits per heavy atom. The molecule has 0 unspecified atom stereocenters. The summed E-state index contributed by atoms with van der Waals surface area (Å²) in [6, 6.07) is 10.0. The van der Waals surface area contributed by atoms with E-state index in [1.54, 1.807) is 0 Å². The first-order chi connectivity index (χ1) is 3.93. The van der Waals surface area contributed by atoms with Gasteiger partial charge in [0.2, 0.25) is 0 Å². The van der Waals surface area contributed by atoms with Gasteiger partial charge in [-0.1, -0.05) is 43.0 Å². The van der Waals surface area contributed by atoms with Crippen LogP contribution in [0.1, 0.15) is 5.56 Å². The summed E-state index contributed by atoms with van der Waals surface area (Å²) in [7, 11) is 0. The largest absolute Gasteiger partial charge is 0.0985 e. The summed E-state index contributed by atoms with van der Waals surface area (Å²) in [5.74, 6) is 0. The molecule has 0 aliphatic rings. The molecule has 1 aromatic carbocycles. The smallest absolute Gasteiger partial charge is 0.0263 e. The molecule has 8 heavy (non-hydrogen) atoms. The predicted molar refractivity (Wildman–Crippen MR) is 36.5 cm³/mol. The van der Waals surface area contributed by atoms with E-state index in [0.29, 0.717) is 0 Å². The van der Waals surface area contributed by atoms with Gasteiger partial charge in [0.15, 0.2) is 0 Å². The maximum absolute atomic E-state index is 3.63. The molecule has 1 aromatic rings. The highest BCUT2D eigenvalue weighted by Crippen LogP contribution is 1.97. The molecule has 0 amide bonds. The third kappa shape index (κ3) is 0.969. The topological polar surface area (TPSA) is 0 Å². The second-order valence-corrected chi connectivity index (χ2v) is 1.61. The van der Waals surface area contributed by atoms with E-state index in [1.165, 1.54) is 5.56 Å². The lowest BCUT2D eigenvalue weighted by Crippen LogP contribution is -1.63. The van der Waals surface area contributed by atoms with Crippen LogP contribution >= 0.6 is 0 Å². The Bertz CT molecular complexity index is 163. The number of hydrogen-bond acceptors (Lipinski definition) is 0. The Kier molecular flexibility index (Phi) is 1.48. The van der Waals surface area contributed by atoms with Crippen molar-refractivity contribution in [3.05, 3.63) is 42.5 Å². The van der Waals surface area contributed by atoms with E-state index in [1.807, 2.05) is 36.4 Å². The molecule has 0 N–H and O–H groups in total. The highest BCUT2D eigenvalue weighted by Gasteiger charge is 1.75. The molecule has 0 spiro atoms. The summed E-state index contributed by atoms with van der Waals surface area (Å²) >= 11 is 0. The second kappa shape index (κ2) is 2.31. The van der Waals surface area contributed by atoms with E-state index in [0.717, 1.165) is 0 Å². The SMILES string of the molecule is C=C[13c]1[13cH][13cH][13cH][13cH][13cH]1.